The molecule has 7 heteroatoms. The van der Waals surface area contributed by atoms with E-state index in [1.165, 1.54) is 14.2 Å². The molecule has 0 saturated carbocycles. The van der Waals surface area contributed by atoms with Crippen LogP contribution in [0, 0.1) is 0 Å². The van der Waals surface area contributed by atoms with Crippen LogP contribution in [0.2, 0.25) is 0 Å². The van der Waals surface area contributed by atoms with Crippen LogP contribution in [0.3, 0.4) is 0 Å². The maximum atomic E-state index is 12.7. The average Bonchev–Trinajstić information content (AvgIpc) is 2.62. The lowest BCUT2D eigenvalue weighted by atomic mass is 10.1. The number of piperidine rings is 1. The molecule has 1 aliphatic rings. The molecule has 1 aromatic carbocycles. The minimum Gasteiger partial charge on any atom is -0.493 e. The number of hydrogen-bond acceptors (Lipinski definition) is 6. The normalized spacial score (nSPS) is 14.0. The van der Waals surface area contributed by atoms with E-state index in [0.717, 1.165) is 32.4 Å². The fourth-order valence-corrected chi connectivity index (χ4v) is 2.61. The molecule has 1 amide bonds. The van der Waals surface area contributed by atoms with Gasteiger partial charge in [-0.1, -0.05) is 0 Å². The summed E-state index contributed by atoms with van der Waals surface area (Å²) in [6.07, 6.45) is 2.29. The predicted molar refractivity (Wildman–Crippen MR) is 87.0 cm³/mol. The quantitative estimate of drug-likeness (QED) is 0.607. The topological polar surface area (TPSA) is 74.3 Å². The molecule has 0 bridgehead atoms. The molecule has 24 heavy (non-hydrogen) atoms. The Morgan fingerprint density at radius 2 is 1.62 bits per heavy atom. The average molecular weight is 337 g/mol. The van der Waals surface area contributed by atoms with Gasteiger partial charge in [0.15, 0.2) is 11.5 Å². The molecule has 7 nitrogen and oxygen atoms in total. The summed E-state index contributed by atoms with van der Waals surface area (Å²) in [5, 5.41) is 0. The minimum atomic E-state index is -0.857. The van der Waals surface area contributed by atoms with Crippen LogP contribution in [0.5, 0.6) is 17.2 Å². The fraction of sp³-hybridized carbons (Fsp3) is 0.529. The van der Waals surface area contributed by atoms with Crippen LogP contribution in [0.25, 0.3) is 0 Å². The van der Waals surface area contributed by atoms with Gasteiger partial charge in [0.05, 0.1) is 20.8 Å². The van der Waals surface area contributed by atoms with Crippen LogP contribution in [-0.4, -0.2) is 50.9 Å². The first-order valence-electron chi connectivity index (χ1n) is 8.00. The van der Waals surface area contributed by atoms with Gasteiger partial charge in [-0.2, -0.15) is 0 Å². The number of carbonyl (C=O) groups excluding carboxylic acids is 2. The highest BCUT2D eigenvalue weighted by molar-refractivity contribution is 5.96. The van der Waals surface area contributed by atoms with Crippen molar-refractivity contribution in [1.29, 1.82) is 0 Å². The zero-order valence-corrected chi connectivity index (χ0v) is 14.3. The number of ether oxygens (including phenoxy) is 4. The maximum Gasteiger partial charge on any atom is 0.514 e. The number of nitrogens with zero attached hydrogens (tertiary/aromatic N) is 1. The van der Waals surface area contributed by atoms with Gasteiger partial charge in [-0.15, -0.1) is 0 Å². The number of hydrogen-bond donors (Lipinski definition) is 0. The highest BCUT2D eigenvalue weighted by atomic mass is 16.7. The van der Waals surface area contributed by atoms with Crippen LogP contribution in [0.4, 0.5) is 4.79 Å². The molecule has 1 heterocycles. The molecule has 1 saturated heterocycles. The molecule has 1 fully saturated rings. The van der Waals surface area contributed by atoms with Crippen molar-refractivity contribution in [1.82, 2.24) is 4.90 Å². The Bertz CT molecular complexity index is 570. The molecule has 0 unspecified atom stereocenters. The number of carbonyl (C=O) groups is 2. The summed E-state index contributed by atoms with van der Waals surface area (Å²) in [5.74, 6) is 0.480. The van der Waals surface area contributed by atoms with E-state index in [4.69, 9.17) is 18.9 Å². The molecule has 0 atom stereocenters. The smallest absolute Gasteiger partial charge is 0.493 e. The van der Waals surface area contributed by atoms with Crippen molar-refractivity contribution >= 4 is 12.1 Å². The lowest BCUT2D eigenvalue weighted by Gasteiger charge is -2.27. The Balaban J connectivity index is 2.31. The van der Waals surface area contributed by atoms with Crippen molar-refractivity contribution in [2.45, 2.75) is 26.2 Å². The number of amides is 1. The first kappa shape index (κ1) is 17.9. The lowest BCUT2D eigenvalue weighted by Crippen LogP contribution is -2.35. The van der Waals surface area contributed by atoms with Crippen molar-refractivity contribution in [3.63, 3.8) is 0 Å². The van der Waals surface area contributed by atoms with Crippen molar-refractivity contribution in [3.05, 3.63) is 17.7 Å². The van der Waals surface area contributed by atoms with E-state index < -0.39 is 6.16 Å². The monoisotopic (exact) mass is 337 g/mol. The van der Waals surface area contributed by atoms with Crippen molar-refractivity contribution < 1.29 is 28.5 Å². The van der Waals surface area contributed by atoms with Gasteiger partial charge in [-0.25, -0.2) is 4.79 Å². The second kappa shape index (κ2) is 8.42. The Morgan fingerprint density at radius 1 is 1.04 bits per heavy atom. The molecule has 2 rings (SSSR count). The number of rotatable bonds is 5. The summed E-state index contributed by atoms with van der Waals surface area (Å²) in [6.45, 7) is 3.35. The van der Waals surface area contributed by atoms with E-state index in [2.05, 4.69) is 0 Å². The summed E-state index contributed by atoms with van der Waals surface area (Å²) in [4.78, 5) is 26.0. The summed E-state index contributed by atoms with van der Waals surface area (Å²) in [5.41, 5.74) is 0.432. The first-order chi connectivity index (χ1) is 11.6. The van der Waals surface area contributed by atoms with E-state index >= 15 is 0 Å². The van der Waals surface area contributed by atoms with E-state index in [1.807, 2.05) is 4.90 Å². The van der Waals surface area contributed by atoms with Gasteiger partial charge >= 0.3 is 6.16 Å². The number of benzene rings is 1. The van der Waals surface area contributed by atoms with Gasteiger partial charge in [0.1, 0.15) is 0 Å². The van der Waals surface area contributed by atoms with Gasteiger partial charge in [-0.3, -0.25) is 4.79 Å². The van der Waals surface area contributed by atoms with Gasteiger partial charge in [0.2, 0.25) is 5.75 Å². The molecule has 0 spiro atoms. The summed E-state index contributed by atoms with van der Waals surface area (Å²) in [6, 6.07) is 3.10. The highest BCUT2D eigenvalue weighted by Gasteiger charge is 2.24. The fourth-order valence-electron chi connectivity index (χ4n) is 2.61. The molecule has 0 N–H and O–H groups in total. The largest absolute Gasteiger partial charge is 0.514 e. The standard InChI is InChI=1S/C17H23NO6/c1-4-23-17(20)24-15-13(21-2)10-12(11-14(15)22-3)16(19)18-8-6-5-7-9-18/h10-11H,4-9H2,1-3H3. The Labute approximate surface area is 141 Å². The van der Waals surface area contributed by atoms with Crippen LogP contribution in [0.15, 0.2) is 12.1 Å². The van der Waals surface area contributed by atoms with Gasteiger partial charge < -0.3 is 23.8 Å². The van der Waals surface area contributed by atoms with Crippen LogP contribution >= 0.6 is 0 Å². The Morgan fingerprint density at radius 3 is 2.12 bits per heavy atom. The SMILES string of the molecule is CCOC(=O)Oc1c(OC)cc(C(=O)N2CCCCC2)cc1OC. The third-order valence-electron chi connectivity index (χ3n) is 3.80. The van der Waals surface area contributed by atoms with Crippen LogP contribution in [0.1, 0.15) is 36.5 Å². The third-order valence-corrected chi connectivity index (χ3v) is 3.80. The summed E-state index contributed by atoms with van der Waals surface area (Å²) in [7, 11) is 2.86. The van der Waals surface area contributed by atoms with E-state index in [1.54, 1.807) is 19.1 Å². The molecular weight excluding hydrogens is 314 g/mol. The lowest BCUT2D eigenvalue weighted by molar-refractivity contribution is 0.0723. The van der Waals surface area contributed by atoms with Crippen LogP contribution < -0.4 is 14.2 Å². The number of likely N-dealkylation sites (tertiary alicyclic amines) is 1. The van der Waals surface area contributed by atoms with Crippen molar-refractivity contribution in [2.75, 3.05) is 33.9 Å². The minimum absolute atomic E-state index is 0.0889. The van der Waals surface area contributed by atoms with E-state index in [-0.39, 0.29) is 29.8 Å². The van der Waals surface area contributed by atoms with Gasteiger partial charge in [-0.05, 0) is 38.3 Å². The van der Waals surface area contributed by atoms with Crippen molar-refractivity contribution in [2.24, 2.45) is 0 Å². The molecule has 132 valence electrons. The van der Waals surface area contributed by atoms with E-state index in [9.17, 15) is 9.59 Å². The number of methoxy groups -OCH3 is 2. The first-order valence-corrected chi connectivity index (χ1v) is 8.00. The molecule has 1 aliphatic heterocycles. The molecule has 0 aromatic heterocycles. The second-order valence-electron chi connectivity index (χ2n) is 5.35. The highest BCUT2D eigenvalue weighted by Crippen LogP contribution is 2.39. The van der Waals surface area contributed by atoms with Gasteiger partial charge in [0, 0.05) is 18.7 Å². The summed E-state index contributed by atoms with van der Waals surface area (Å²) >= 11 is 0. The zero-order valence-electron chi connectivity index (χ0n) is 14.3. The maximum absolute atomic E-state index is 12.7. The van der Waals surface area contributed by atoms with Crippen LogP contribution in [-0.2, 0) is 4.74 Å². The Hall–Kier alpha value is -2.44. The molecule has 0 aliphatic carbocycles. The molecular formula is C17H23NO6. The predicted octanol–water partition coefficient (Wildman–Crippen LogP) is 2.87. The Kier molecular flexibility index (Phi) is 6.28. The zero-order chi connectivity index (χ0) is 17.5. The molecule has 1 aromatic rings. The van der Waals surface area contributed by atoms with Gasteiger partial charge in [0.25, 0.3) is 5.91 Å². The van der Waals surface area contributed by atoms with E-state index in [0.29, 0.717) is 5.56 Å². The third kappa shape index (κ3) is 4.10. The van der Waals surface area contributed by atoms with Crippen molar-refractivity contribution in [3.8, 4) is 17.2 Å². The molecule has 0 radical (unpaired) electrons. The summed E-state index contributed by atoms with van der Waals surface area (Å²) < 4.78 is 20.4. The second-order valence-corrected chi connectivity index (χ2v) is 5.35.